The van der Waals surface area contributed by atoms with E-state index in [9.17, 15) is 0 Å². The molecule has 0 saturated heterocycles. The van der Waals surface area contributed by atoms with E-state index in [-0.39, 0.29) is 6.01 Å². The van der Waals surface area contributed by atoms with Crippen molar-refractivity contribution in [2.24, 2.45) is 0 Å². The molecule has 2 aromatic rings. The van der Waals surface area contributed by atoms with E-state index in [1.54, 1.807) is 12.1 Å². The molecule has 0 fully saturated rings. The van der Waals surface area contributed by atoms with Gasteiger partial charge in [0.25, 0.3) is 0 Å². The van der Waals surface area contributed by atoms with Gasteiger partial charge in [-0.2, -0.15) is 4.98 Å². The Hall–Kier alpha value is -2.01. The van der Waals surface area contributed by atoms with Gasteiger partial charge in [0.1, 0.15) is 5.02 Å². The minimum Gasteiger partial charge on any atom is -0.467 e. The Morgan fingerprint density at radius 1 is 1.41 bits per heavy atom. The SMILES string of the molecule is COc1ncc(Cl)c(Nc2cccc(N)c2)n1. The second-order valence-electron chi connectivity index (χ2n) is 3.30. The third-order valence-corrected chi connectivity index (χ3v) is 2.33. The molecule has 0 aliphatic heterocycles. The Morgan fingerprint density at radius 3 is 2.94 bits per heavy atom. The molecule has 88 valence electrons. The number of hydrogen-bond acceptors (Lipinski definition) is 5. The third-order valence-electron chi connectivity index (χ3n) is 2.05. The Kier molecular flexibility index (Phi) is 3.30. The van der Waals surface area contributed by atoms with Gasteiger partial charge in [-0.25, -0.2) is 4.98 Å². The molecule has 17 heavy (non-hydrogen) atoms. The van der Waals surface area contributed by atoms with Crippen LogP contribution in [0.15, 0.2) is 30.5 Å². The summed E-state index contributed by atoms with van der Waals surface area (Å²) in [4.78, 5) is 7.99. The smallest absolute Gasteiger partial charge is 0.318 e. The minimum absolute atomic E-state index is 0.251. The van der Waals surface area contributed by atoms with Crippen LogP contribution in [0.5, 0.6) is 6.01 Å². The number of methoxy groups -OCH3 is 1. The molecule has 6 heteroatoms. The molecule has 1 aromatic heterocycles. The zero-order valence-electron chi connectivity index (χ0n) is 9.14. The first-order chi connectivity index (χ1) is 8.19. The van der Waals surface area contributed by atoms with Crippen molar-refractivity contribution < 1.29 is 4.74 Å². The number of nitrogens with two attached hydrogens (primary N) is 1. The molecule has 0 atom stereocenters. The van der Waals surface area contributed by atoms with Gasteiger partial charge in [0.2, 0.25) is 0 Å². The van der Waals surface area contributed by atoms with Crippen molar-refractivity contribution in [2.75, 3.05) is 18.2 Å². The van der Waals surface area contributed by atoms with Crippen LogP contribution in [0, 0.1) is 0 Å². The van der Waals surface area contributed by atoms with Crippen LogP contribution >= 0.6 is 11.6 Å². The largest absolute Gasteiger partial charge is 0.467 e. The van der Waals surface area contributed by atoms with Crippen LogP contribution in [0.25, 0.3) is 0 Å². The fourth-order valence-electron chi connectivity index (χ4n) is 1.29. The van der Waals surface area contributed by atoms with Gasteiger partial charge in [0.15, 0.2) is 5.82 Å². The van der Waals surface area contributed by atoms with Crippen LogP contribution in [0.1, 0.15) is 0 Å². The quantitative estimate of drug-likeness (QED) is 0.819. The lowest BCUT2D eigenvalue weighted by Gasteiger charge is -2.08. The van der Waals surface area contributed by atoms with Gasteiger partial charge < -0.3 is 15.8 Å². The van der Waals surface area contributed by atoms with Crippen LogP contribution in [0.3, 0.4) is 0 Å². The maximum Gasteiger partial charge on any atom is 0.318 e. The standard InChI is InChI=1S/C11H11ClN4O/c1-17-11-14-6-9(12)10(16-11)15-8-4-2-3-7(13)5-8/h2-6H,13H2,1H3,(H,14,15,16). The molecule has 0 bridgehead atoms. The van der Waals surface area contributed by atoms with Gasteiger partial charge in [0, 0.05) is 11.4 Å². The summed E-state index contributed by atoms with van der Waals surface area (Å²) in [7, 11) is 1.49. The number of rotatable bonds is 3. The number of hydrogen-bond donors (Lipinski definition) is 2. The first-order valence-corrected chi connectivity index (χ1v) is 5.26. The monoisotopic (exact) mass is 250 g/mol. The van der Waals surface area contributed by atoms with E-state index in [1.807, 2.05) is 12.1 Å². The fraction of sp³-hybridized carbons (Fsp3) is 0.0909. The summed E-state index contributed by atoms with van der Waals surface area (Å²) < 4.78 is 4.93. The van der Waals surface area contributed by atoms with Crippen molar-refractivity contribution in [1.29, 1.82) is 0 Å². The second-order valence-corrected chi connectivity index (χ2v) is 3.71. The molecule has 2 rings (SSSR count). The van der Waals surface area contributed by atoms with E-state index in [0.29, 0.717) is 16.5 Å². The number of nitrogens with zero attached hydrogens (tertiary/aromatic N) is 2. The van der Waals surface area contributed by atoms with Crippen LogP contribution in [0.4, 0.5) is 17.2 Å². The highest BCUT2D eigenvalue weighted by Gasteiger charge is 2.05. The lowest BCUT2D eigenvalue weighted by molar-refractivity contribution is 0.380. The minimum atomic E-state index is 0.251. The van der Waals surface area contributed by atoms with E-state index in [0.717, 1.165) is 5.69 Å². The number of anilines is 3. The average molecular weight is 251 g/mol. The van der Waals surface area contributed by atoms with Crippen molar-refractivity contribution >= 4 is 28.8 Å². The number of halogens is 1. The maximum atomic E-state index is 5.97. The molecule has 5 nitrogen and oxygen atoms in total. The van der Waals surface area contributed by atoms with E-state index in [4.69, 9.17) is 22.1 Å². The highest BCUT2D eigenvalue weighted by atomic mass is 35.5. The second kappa shape index (κ2) is 4.88. The van der Waals surface area contributed by atoms with E-state index in [2.05, 4.69) is 15.3 Å². The van der Waals surface area contributed by atoms with Gasteiger partial charge >= 0.3 is 6.01 Å². The van der Waals surface area contributed by atoms with Crippen LogP contribution in [0.2, 0.25) is 5.02 Å². The predicted octanol–water partition coefficient (Wildman–Crippen LogP) is 2.46. The molecule has 0 saturated carbocycles. The number of aromatic nitrogens is 2. The normalized spacial score (nSPS) is 10.0. The molecule has 0 radical (unpaired) electrons. The van der Waals surface area contributed by atoms with Crippen molar-refractivity contribution in [2.45, 2.75) is 0 Å². The summed E-state index contributed by atoms with van der Waals surface area (Å²) in [6.07, 6.45) is 1.47. The summed E-state index contributed by atoms with van der Waals surface area (Å²) in [5, 5.41) is 3.46. The number of nitrogens with one attached hydrogen (secondary N) is 1. The zero-order valence-corrected chi connectivity index (χ0v) is 9.90. The molecular formula is C11H11ClN4O. The molecule has 1 aromatic carbocycles. The molecule has 0 unspecified atom stereocenters. The highest BCUT2D eigenvalue weighted by molar-refractivity contribution is 6.32. The molecule has 0 aliphatic carbocycles. The first kappa shape index (κ1) is 11.5. The van der Waals surface area contributed by atoms with Gasteiger partial charge in [-0.3, -0.25) is 0 Å². The molecule has 3 N–H and O–H groups in total. The predicted molar refractivity (Wildman–Crippen MR) is 67.7 cm³/mol. The van der Waals surface area contributed by atoms with Crippen molar-refractivity contribution in [3.8, 4) is 6.01 Å². The highest BCUT2D eigenvalue weighted by Crippen LogP contribution is 2.24. The van der Waals surface area contributed by atoms with E-state index >= 15 is 0 Å². The van der Waals surface area contributed by atoms with Gasteiger partial charge in [-0.1, -0.05) is 17.7 Å². The molecular weight excluding hydrogens is 240 g/mol. The van der Waals surface area contributed by atoms with E-state index in [1.165, 1.54) is 13.3 Å². The summed E-state index contributed by atoms with van der Waals surface area (Å²) >= 11 is 5.97. The van der Waals surface area contributed by atoms with Gasteiger partial charge in [0.05, 0.1) is 13.3 Å². The zero-order chi connectivity index (χ0) is 12.3. The lowest BCUT2D eigenvalue weighted by Crippen LogP contribution is -1.99. The van der Waals surface area contributed by atoms with Gasteiger partial charge in [-0.15, -0.1) is 0 Å². The van der Waals surface area contributed by atoms with Gasteiger partial charge in [-0.05, 0) is 18.2 Å². The Labute approximate surface area is 104 Å². The molecule has 0 amide bonds. The number of benzene rings is 1. The summed E-state index contributed by atoms with van der Waals surface area (Å²) in [5.74, 6) is 0.476. The number of ether oxygens (including phenoxy) is 1. The Balaban J connectivity index is 2.29. The van der Waals surface area contributed by atoms with Crippen molar-refractivity contribution in [3.05, 3.63) is 35.5 Å². The Morgan fingerprint density at radius 2 is 2.24 bits per heavy atom. The van der Waals surface area contributed by atoms with Crippen LogP contribution < -0.4 is 15.8 Å². The molecule has 0 aliphatic rings. The maximum absolute atomic E-state index is 5.97. The Bertz CT molecular complexity index is 533. The summed E-state index contributed by atoms with van der Waals surface area (Å²) in [6.45, 7) is 0. The topological polar surface area (TPSA) is 73.1 Å². The molecule has 1 heterocycles. The third kappa shape index (κ3) is 2.76. The number of nitrogen functional groups attached to an aromatic ring is 1. The summed E-state index contributed by atoms with van der Waals surface area (Å²) in [6, 6.07) is 7.53. The average Bonchev–Trinajstić information content (AvgIpc) is 2.32. The van der Waals surface area contributed by atoms with Crippen LogP contribution in [-0.4, -0.2) is 17.1 Å². The molecule has 0 spiro atoms. The summed E-state index contributed by atoms with van der Waals surface area (Å²) in [5.41, 5.74) is 7.13. The van der Waals surface area contributed by atoms with Crippen molar-refractivity contribution in [3.63, 3.8) is 0 Å². The van der Waals surface area contributed by atoms with E-state index < -0.39 is 0 Å². The first-order valence-electron chi connectivity index (χ1n) is 4.88. The fourth-order valence-corrected chi connectivity index (χ4v) is 1.43. The lowest BCUT2D eigenvalue weighted by atomic mass is 10.3. The van der Waals surface area contributed by atoms with Crippen LogP contribution in [-0.2, 0) is 0 Å². The van der Waals surface area contributed by atoms with Crippen molar-refractivity contribution in [1.82, 2.24) is 9.97 Å².